The quantitative estimate of drug-likeness (QED) is 0.161. The lowest BCUT2D eigenvalue weighted by atomic mass is 10.2. The Bertz CT molecular complexity index is 1230. The molecule has 4 rings (SSSR count). The van der Waals surface area contributed by atoms with Crippen LogP contribution in [0.2, 0.25) is 0 Å². The highest BCUT2D eigenvalue weighted by molar-refractivity contribution is 9.10. The lowest BCUT2D eigenvalue weighted by molar-refractivity contribution is -0.129. The maximum Gasteiger partial charge on any atom is 0.363 e. The van der Waals surface area contributed by atoms with Gasteiger partial charge in [-0.1, -0.05) is 63.8 Å². The molecule has 1 heterocycles. The molecule has 3 aromatic rings. The zero-order chi connectivity index (χ0) is 25.9. The number of carboxylic acid groups (broad SMARTS) is 1. The fourth-order valence-corrected chi connectivity index (χ4v) is 3.61. The number of hydrogen-bond donors (Lipinski definition) is 1. The van der Waals surface area contributed by atoms with Gasteiger partial charge in [0.1, 0.15) is 5.75 Å². The van der Waals surface area contributed by atoms with E-state index in [-0.39, 0.29) is 0 Å². The van der Waals surface area contributed by atoms with Crippen molar-refractivity contribution in [1.29, 1.82) is 0 Å². The molecule has 0 aromatic heterocycles. The summed E-state index contributed by atoms with van der Waals surface area (Å²) >= 11 is 6.58. The van der Waals surface area contributed by atoms with E-state index in [0.717, 1.165) is 38.8 Å². The Balaban J connectivity index is 0.000000303. The van der Waals surface area contributed by atoms with Crippen LogP contribution in [0.3, 0.4) is 0 Å². The van der Waals surface area contributed by atoms with Gasteiger partial charge in [-0.25, -0.2) is 14.6 Å². The predicted molar refractivity (Wildman–Crippen MR) is 147 cm³/mol. The molecule has 1 aliphatic heterocycles. The van der Waals surface area contributed by atoms with Crippen molar-refractivity contribution in [1.82, 2.24) is 0 Å². The van der Waals surface area contributed by atoms with Gasteiger partial charge in [0.05, 0.1) is 12.2 Å². The fraction of sp³-hybridized carbons (Fsp3) is 0.179. The lowest BCUT2D eigenvalue weighted by Crippen LogP contribution is -2.05. The number of carboxylic acids is 1. The second kappa shape index (κ2) is 13.8. The maximum atomic E-state index is 12.1. The van der Waals surface area contributed by atoms with Crippen molar-refractivity contribution < 1.29 is 24.2 Å². The van der Waals surface area contributed by atoms with Gasteiger partial charge in [-0.2, -0.15) is 0 Å². The van der Waals surface area contributed by atoms with Crippen LogP contribution in [0.25, 0.3) is 6.08 Å². The van der Waals surface area contributed by atoms with Crippen LogP contribution in [-0.4, -0.2) is 29.5 Å². The molecule has 3 aromatic carbocycles. The van der Waals surface area contributed by atoms with E-state index in [1.54, 1.807) is 30.3 Å². The molecule has 0 radical (unpaired) electrons. The molecule has 1 N–H and O–H groups in total. The number of aromatic carboxylic acids is 1. The molecule has 186 valence electrons. The summed E-state index contributed by atoms with van der Waals surface area (Å²) in [5.41, 5.74) is 2.24. The number of halogens is 2. The topological polar surface area (TPSA) is 85.2 Å². The van der Waals surface area contributed by atoms with Crippen LogP contribution in [0.4, 0.5) is 0 Å². The van der Waals surface area contributed by atoms with Gasteiger partial charge in [0.25, 0.3) is 0 Å². The van der Waals surface area contributed by atoms with Gasteiger partial charge < -0.3 is 14.6 Å². The number of cyclic esters (lactones) is 1. The summed E-state index contributed by atoms with van der Waals surface area (Å²) in [6.45, 7) is 2.89. The number of rotatable bonds is 8. The van der Waals surface area contributed by atoms with Gasteiger partial charge in [-0.05, 0) is 78.7 Å². The van der Waals surface area contributed by atoms with Crippen molar-refractivity contribution in [3.8, 4) is 5.75 Å². The summed E-state index contributed by atoms with van der Waals surface area (Å²) in [6, 6.07) is 21.6. The molecular weight excluding hydrogens is 590 g/mol. The Morgan fingerprint density at radius 3 is 2.14 bits per heavy atom. The molecule has 6 nitrogen and oxygen atoms in total. The van der Waals surface area contributed by atoms with Gasteiger partial charge in [-0.3, -0.25) is 0 Å². The highest BCUT2D eigenvalue weighted by Gasteiger charge is 2.24. The normalized spacial score (nSPS) is 13.5. The molecule has 0 aliphatic carbocycles. The van der Waals surface area contributed by atoms with Crippen LogP contribution in [0.5, 0.6) is 5.75 Å². The van der Waals surface area contributed by atoms with Crippen LogP contribution < -0.4 is 4.74 Å². The van der Waals surface area contributed by atoms with Gasteiger partial charge in [0, 0.05) is 14.5 Å². The Labute approximate surface area is 226 Å². The number of unbranched alkanes of at least 4 members (excludes halogenated alkanes) is 2. The average Bonchev–Trinajstić information content (AvgIpc) is 3.24. The van der Waals surface area contributed by atoms with Crippen LogP contribution in [0, 0.1) is 0 Å². The summed E-state index contributed by atoms with van der Waals surface area (Å²) in [5, 5.41) is 8.46. The minimum absolute atomic E-state index is 0.291. The third-order valence-electron chi connectivity index (χ3n) is 5.00. The first-order valence-corrected chi connectivity index (χ1v) is 12.9. The number of esters is 1. The minimum Gasteiger partial charge on any atom is -0.494 e. The summed E-state index contributed by atoms with van der Waals surface area (Å²) in [7, 11) is 0. The summed E-state index contributed by atoms with van der Waals surface area (Å²) in [6.07, 6.45) is 5.12. The molecule has 8 heteroatoms. The summed E-state index contributed by atoms with van der Waals surface area (Å²) in [5.74, 6) is -0.184. The molecule has 0 unspecified atom stereocenters. The second-order valence-electron chi connectivity index (χ2n) is 7.78. The van der Waals surface area contributed by atoms with Gasteiger partial charge >= 0.3 is 11.9 Å². The molecule has 0 fully saturated rings. The van der Waals surface area contributed by atoms with E-state index in [0.29, 0.717) is 17.2 Å². The van der Waals surface area contributed by atoms with E-state index >= 15 is 0 Å². The molecule has 0 saturated heterocycles. The number of nitrogens with zero attached hydrogens (tertiary/aromatic N) is 1. The first-order valence-electron chi connectivity index (χ1n) is 11.4. The number of ether oxygens (including phenoxy) is 2. The second-order valence-corrected chi connectivity index (χ2v) is 9.61. The molecule has 0 bridgehead atoms. The smallest absolute Gasteiger partial charge is 0.363 e. The molecule has 0 spiro atoms. The van der Waals surface area contributed by atoms with Crippen LogP contribution in [0.15, 0.2) is 92.4 Å². The van der Waals surface area contributed by atoms with Gasteiger partial charge in [0.2, 0.25) is 5.90 Å². The Morgan fingerprint density at radius 2 is 1.56 bits per heavy atom. The third-order valence-corrected chi connectivity index (χ3v) is 6.06. The van der Waals surface area contributed by atoms with E-state index in [4.69, 9.17) is 14.6 Å². The number of aliphatic imine (C=N–C) groups is 1. The maximum absolute atomic E-state index is 12.1. The zero-order valence-corrected chi connectivity index (χ0v) is 22.8. The molecular formula is C28H25Br2NO5. The van der Waals surface area contributed by atoms with Gasteiger partial charge in [-0.15, -0.1) is 0 Å². The van der Waals surface area contributed by atoms with Crippen molar-refractivity contribution in [2.75, 3.05) is 6.61 Å². The molecule has 0 atom stereocenters. The largest absolute Gasteiger partial charge is 0.494 e. The van der Waals surface area contributed by atoms with Crippen LogP contribution in [0.1, 0.15) is 47.7 Å². The van der Waals surface area contributed by atoms with E-state index in [1.165, 1.54) is 12.8 Å². The molecule has 1 aliphatic rings. The highest BCUT2D eigenvalue weighted by Crippen LogP contribution is 2.21. The Morgan fingerprint density at radius 1 is 0.944 bits per heavy atom. The number of carbonyl (C=O) groups is 2. The first-order chi connectivity index (χ1) is 17.4. The molecule has 0 saturated carbocycles. The minimum atomic E-state index is -0.896. The fourth-order valence-electron chi connectivity index (χ4n) is 3.08. The van der Waals surface area contributed by atoms with E-state index in [1.807, 2.05) is 48.5 Å². The summed E-state index contributed by atoms with van der Waals surface area (Å²) in [4.78, 5) is 26.7. The zero-order valence-electron chi connectivity index (χ0n) is 19.6. The van der Waals surface area contributed by atoms with Crippen molar-refractivity contribution in [2.45, 2.75) is 26.2 Å². The van der Waals surface area contributed by atoms with Crippen molar-refractivity contribution in [3.05, 3.63) is 104 Å². The number of benzene rings is 3. The number of hydrogen-bond acceptors (Lipinski definition) is 5. The van der Waals surface area contributed by atoms with Crippen molar-refractivity contribution in [2.24, 2.45) is 4.99 Å². The Kier molecular flexibility index (Phi) is 10.5. The Hall–Kier alpha value is -3.23. The van der Waals surface area contributed by atoms with Crippen molar-refractivity contribution >= 4 is 55.8 Å². The van der Waals surface area contributed by atoms with Crippen LogP contribution in [-0.2, 0) is 9.53 Å². The predicted octanol–water partition coefficient (Wildman–Crippen LogP) is 7.51. The van der Waals surface area contributed by atoms with Crippen LogP contribution >= 0.6 is 31.9 Å². The SMILES string of the molecule is CCCCCOc1ccc(/C=C2/N=C(c3ccc(Br)cc3)OC2=O)cc1.O=C(O)c1ccc(Br)cc1. The van der Waals surface area contributed by atoms with Crippen molar-refractivity contribution in [3.63, 3.8) is 0 Å². The first kappa shape index (κ1) is 27.4. The van der Waals surface area contributed by atoms with Gasteiger partial charge in [0.15, 0.2) is 5.70 Å². The monoisotopic (exact) mass is 613 g/mol. The average molecular weight is 615 g/mol. The van der Waals surface area contributed by atoms with E-state index < -0.39 is 11.9 Å². The number of carbonyl (C=O) groups excluding carboxylic acids is 1. The van der Waals surface area contributed by atoms with E-state index in [9.17, 15) is 9.59 Å². The third kappa shape index (κ3) is 8.46. The summed E-state index contributed by atoms with van der Waals surface area (Å²) < 4.78 is 12.8. The standard InChI is InChI=1S/C21H20BrNO3.C7H5BrO2/c1-2-3-4-13-25-18-11-5-15(6-12-18)14-19-21(24)26-20(23-19)16-7-9-17(22)10-8-16;8-6-3-1-5(2-4-6)7(9)10/h5-12,14H,2-4,13H2,1H3;1-4H,(H,9,10)/b19-14+;. The van der Waals surface area contributed by atoms with E-state index in [2.05, 4.69) is 43.8 Å². The highest BCUT2D eigenvalue weighted by atomic mass is 79.9. The molecule has 36 heavy (non-hydrogen) atoms. The lowest BCUT2D eigenvalue weighted by Gasteiger charge is -2.05. The molecule has 0 amide bonds.